The molecule has 13 heteroatoms. The van der Waals surface area contributed by atoms with E-state index in [9.17, 15) is 34.8 Å². The van der Waals surface area contributed by atoms with Gasteiger partial charge in [-0.25, -0.2) is 17.2 Å². The van der Waals surface area contributed by atoms with Gasteiger partial charge in [-0.3, -0.25) is 4.99 Å². The molecule has 1 N–H and O–H groups in total. The number of nitrogens with one attached hydrogen (secondary N) is 1. The first kappa shape index (κ1) is 34.8. The van der Waals surface area contributed by atoms with Crippen LogP contribution in [0.3, 0.4) is 0 Å². The van der Waals surface area contributed by atoms with Crippen molar-refractivity contribution in [3.05, 3.63) is 113 Å². The first-order valence-electron chi connectivity index (χ1n) is 12.4. The Morgan fingerprint density at radius 3 is 2.40 bits per heavy atom. The fourth-order valence-corrected chi connectivity index (χ4v) is 5.39. The maximum Gasteiger partial charge on any atom is 0.461 e. The van der Waals surface area contributed by atoms with Gasteiger partial charge in [-0.1, -0.05) is 54.6 Å². The average Bonchev–Trinajstić information content (AvgIpc) is 2.92. The number of aliphatic imine (C=N–C) groups is 1. The molecule has 42 heavy (non-hydrogen) atoms. The van der Waals surface area contributed by atoms with Gasteiger partial charge in [0.15, 0.2) is 0 Å². The third-order valence-corrected chi connectivity index (χ3v) is 7.25. The SMILES string of the molecule is C\C=C/N=C(\C=C/CCl)[C@@](Cc1ccccc1)(NS(=O)(=O)C(/C=C(\C)F)=C/CF)c1cccc(OC(F)(F)C(F)F)c1. The quantitative estimate of drug-likeness (QED) is 0.0942. The molecule has 0 fully saturated rings. The van der Waals surface area contributed by atoms with Gasteiger partial charge < -0.3 is 4.74 Å². The molecule has 2 aromatic carbocycles. The monoisotopic (exact) mass is 634 g/mol. The van der Waals surface area contributed by atoms with Gasteiger partial charge in [0.2, 0.25) is 10.0 Å². The predicted molar refractivity (Wildman–Crippen MR) is 153 cm³/mol. The molecule has 1 atom stereocenters. The van der Waals surface area contributed by atoms with Gasteiger partial charge in [0.1, 0.15) is 18.0 Å². The van der Waals surface area contributed by atoms with E-state index in [1.54, 1.807) is 37.3 Å². The Bertz CT molecular complexity index is 1440. The third kappa shape index (κ3) is 9.60. The minimum atomic E-state index is -4.86. The molecule has 0 heterocycles. The summed E-state index contributed by atoms with van der Waals surface area (Å²) in [5.41, 5.74) is -1.56. The molecule has 0 aliphatic heterocycles. The van der Waals surface area contributed by atoms with Crippen molar-refractivity contribution in [2.24, 2.45) is 4.99 Å². The molecule has 0 aliphatic rings. The number of hydrogen-bond acceptors (Lipinski definition) is 4. The van der Waals surface area contributed by atoms with Crippen molar-refractivity contribution in [3.63, 3.8) is 0 Å². The summed E-state index contributed by atoms with van der Waals surface area (Å²) < 4.78 is 115. The topological polar surface area (TPSA) is 67.8 Å². The molecular weight excluding hydrogens is 606 g/mol. The predicted octanol–water partition coefficient (Wildman–Crippen LogP) is 7.78. The first-order valence-corrected chi connectivity index (χ1v) is 14.4. The first-order chi connectivity index (χ1) is 19.8. The van der Waals surface area contributed by atoms with E-state index in [0.29, 0.717) is 17.7 Å². The van der Waals surface area contributed by atoms with Crippen LogP contribution in [0.2, 0.25) is 0 Å². The Morgan fingerprint density at radius 2 is 1.83 bits per heavy atom. The summed E-state index contributed by atoms with van der Waals surface area (Å²) >= 11 is 5.87. The van der Waals surface area contributed by atoms with Crippen LogP contribution in [0.1, 0.15) is 25.0 Å². The molecule has 0 unspecified atom stereocenters. The van der Waals surface area contributed by atoms with Gasteiger partial charge in [0.05, 0.1) is 16.4 Å². The summed E-state index contributed by atoms with van der Waals surface area (Å²) in [7, 11) is -4.79. The van der Waals surface area contributed by atoms with Crippen LogP contribution in [0.15, 0.2) is 107 Å². The molecule has 2 rings (SSSR count). The molecule has 228 valence electrons. The van der Waals surface area contributed by atoms with Crippen LogP contribution in [-0.4, -0.2) is 39.2 Å². The second-order valence-corrected chi connectivity index (χ2v) is 10.7. The number of rotatable bonds is 15. The Hall–Kier alpha value is -3.35. The lowest BCUT2D eigenvalue weighted by molar-refractivity contribution is -0.253. The van der Waals surface area contributed by atoms with Gasteiger partial charge >= 0.3 is 12.5 Å². The van der Waals surface area contributed by atoms with Gasteiger partial charge in [-0.15, -0.1) is 11.6 Å². The Balaban J connectivity index is 3.02. The molecule has 5 nitrogen and oxygen atoms in total. The molecule has 0 saturated carbocycles. The summed E-state index contributed by atoms with van der Waals surface area (Å²) in [6, 6.07) is 12.8. The molecule has 0 radical (unpaired) electrons. The second kappa shape index (κ2) is 15.8. The number of benzene rings is 2. The second-order valence-electron chi connectivity index (χ2n) is 8.71. The van der Waals surface area contributed by atoms with Crippen molar-refractivity contribution in [1.82, 2.24) is 4.72 Å². The lowest BCUT2D eigenvalue weighted by Gasteiger charge is -2.36. The van der Waals surface area contributed by atoms with E-state index in [0.717, 1.165) is 19.1 Å². The minimum absolute atomic E-state index is 0.0213. The third-order valence-electron chi connectivity index (χ3n) is 5.55. The fourth-order valence-electron chi connectivity index (χ4n) is 3.83. The average molecular weight is 635 g/mol. The van der Waals surface area contributed by atoms with Crippen molar-refractivity contribution >= 4 is 27.3 Å². The lowest BCUT2D eigenvalue weighted by atomic mass is 9.80. The number of hydrogen-bond donors (Lipinski definition) is 1. The van der Waals surface area contributed by atoms with E-state index in [1.165, 1.54) is 36.6 Å². The molecular formula is C29H29ClF6N2O3S. The smallest absolute Gasteiger partial charge is 0.428 e. The van der Waals surface area contributed by atoms with Gasteiger partial charge in [-0.2, -0.15) is 22.3 Å². The van der Waals surface area contributed by atoms with Crippen molar-refractivity contribution in [2.75, 3.05) is 12.6 Å². The van der Waals surface area contributed by atoms with Crippen molar-refractivity contribution in [3.8, 4) is 5.75 Å². The molecule has 2 aromatic rings. The minimum Gasteiger partial charge on any atom is -0.428 e. The summed E-state index contributed by atoms with van der Waals surface area (Å²) in [5, 5.41) is 0. The highest BCUT2D eigenvalue weighted by atomic mass is 35.5. The maximum absolute atomic E-state index is 13.9. The van der Waals surface area contributed by atoms with Crippen LogP contribution in [0, 0.1) is 0 Å². The summed E-state index contributed by atoms with van der Waals surface area (Å²) in [5.74, 6) is -1.69. The van der Waals surface area contributed by atoms with E-state index < -0.39 is 51.3 Å². The highest BCUT2D eigenvalue weighted by molar-refractivity contribution is 7.93. The molecule has 0 aromatic heterocycles. The van der Waals surface area contributed by atoms with E-state index in [2.05, 4.69) is 14.5 Å². The van der Waals surface area contributed by atoms with Crippen LogP contribution in [0.25, 0.3) is 0 Å². The number of nitrogens with zero attached hydrogens (tertiary/aromatic N) is 1. The molecule has 0 spiro atoms. The lowest BCUT2D eigenvalue weighted by Crippen LogP contribution is -2.53. The Morgan fingerprint density at radius 1 is 1.14 bits per heavy atom. The molecule has 0 saturated heterocycles. The van der Waals surface area contributed by atoms with E-state index in [4.69, 9.17) is 11.6 Å². The zero-order valence-electron chi connectivity index (χ0n) is 22.6. The zero-order valence-corrected chi connectivity index (χ0v) is 24.2. The number of sulfonamides is 1. The summed E-state index contributed by atoms with van der Waals surface area (Å²) in [6.07, 6.45) is -2.32. The van der Waals surface area contributed by atoms with Crippen LogP contribution in [-0.2, 0) is 22.0 Å². The number of alkyl halides is 6. The highest BCUT2D eigenvalue weighted by Crippen LogP contribution is 2.35. The fraction of sp³-hybridized carbons (Fsp3) is 0.276. The number of halogens is 7. The standard InChI is InChI=1S/C29H29ClF6N2O3S/c1-3-17-37-26(13-8-15-30)28(20-22-9-5-4-6-10-22,38-42(39,40)25(14-16-31)18-21(2)32)23-11-7-12-24(19-23)41-29(35,36)27(33)34/h3-14,17-19,27,38H,15-16,20H2,1-2H3/b13-8-,17-3-,21-18+,25-14+,37-26+/t28-/m0/s1. The van der Waals surface area contributed by atoms with E-state index >= 15 is 0 Å². The van der Waals surface area contributed by atoms with Crippen LogP contribution < -0.4 is 9.46 Å². The van der Waals surface area contributed by atoms with Crippen LogP contribution >= 0.6 is 11.6 Å². The van der Waals surface area contributed by atoms with Crippen LogP contribution in [0.5, 0.6) is 5.75 Å². The summed E-state index contributed by atoms with van der Waals surface area (Å²) in [6.45, 7) is 1.33. The maximum atomic E-state index is 13.9. The Labute approximate surface area is 246 Å². The summed E-state index contributed by atoms with van der Waals surface area (Å²) in [4.78, 5) is 3.62. The largest absolute Gasteiger partial charge is 0.461 e. The van der Waals surface area contributed by atoms with Crippen molar-refractivity contribution in [2.45, 2.75) is 38.3 Å². The highest BCUT2D eigenvalue weighted by Gasteiger charge is 2.45. The zero-order chi connectivity index (χ0) is 31.4. The van der Waals surface area contributed by atoms with Crippen molar-refractivity contribution in [1.29, 1.82) is 0 Å². The normalized spacial score (nSPS) is 15.5. The van der Waals surface area contributed by atoms with E-state index in [1.807, 2.05) is 0 Å². The van der Waals surface area contributed by atoms with Gasteiger partial charge in [0, 0.05) is 18.5 Å². The number of allylic oxidation sites excluding steroid dienone is 5. The van der Waals surface area contributed by atoms with Gasteiger partial charge in [0.25, 0.3) is 0 Å². The van der Waals surface area contributed by atoms with Crippen LogP contribution in [0.4, 0.5) is 26.3 Å². The van der Waals surface area contributed by atoms with Gasteiger partial charge in [-0.05, 0) is 55.3 Å². The molecule has 0 bridgehead atoms. The Kier molecular flexibility index (Phi) is 13.1. The number of ether oxygens (including phenoxy) is 1. The molecule has 0 amide bonds. The van der Waals surface area contributed by atoms with E-state index in [-0.39, 0.29) is 23.6 Å². The van der Waals surface area contributed by atoms with Crippen molar-refractivity contribution < 1.29 is 39.5 Å². The molecule has 0 aliphatic carbocycles.